The van der Waals surface area contributed by atoms with Crippen molar-refractivity contribution >= 4 is 15.7 Å². The normalized spacial score (nSPS) is 15.5. The van der Waals surface area contributed by atoms with Crippen molar-refractivity contribution in [1.82, 2.24) is 5.32 Å². The van der Waals surface area contributed by atoms with Crippen LogP contribution in [0.5, 0.6) is 0 Å². The van der Waals surface area contributed by atoms with Gasteiger partial charge < -0.3 is 5.32 Å². The van der Waals surface area contributed by atoms with E-state index in [1.165, 1.54) is 31.0 Å². The van der Waals surface area contributed by atoms with Gasteiger partial charge in [-0.3, -0.25) is 4.72 Å². The first kappa shape index (κ1) is 14.3. The van der Waals surface area contributed by atoms with Crippen molar-refractivity contribution in [2.45, 2.75) is 32.2 Å². The van der Waals surface area contributed by atoms with Gasteiger partial charge in [0.05, 0.1) is 11.4 Å². The number of sulfonamides is 1. The van der Waals surface area contributed by atoms with Crippen LogP contribution in [0, 0.1) is 12.7 Å². The Morgan fingerprint density at radius 2 is 2.11 bits per heavy atom. The Morgan fingerprint density at radius 1 is 1.37 bits per heavy atom. The summed E-state index contributed by atoms with van der Waals surface area (Å²) in [6, 6.07) is 4.60. The molecular formula is C13H19FN2O2S. The van der Waals surface area contributed by atoms with Gasteiger partial charge in [0.15, 0.2) is 0 Å². The fourth-order valence-corrected chi connectivity index (χ4v) is 3.01. The molecule has 0 bridgehead atoms. The Kier molecular flexibility index (Phi) is 4.42. The average Bonchev–Trinajstić information content (AvgIpc) is 3.12. The van der Waals surface area contributed by atoms with Crippen LogP contribution in [0.2, 0.25) is 0 Å². The monoisotopic (exact) mass is 286 g/mol. The van der Waals surface area contributed by atoms with E-state index in [4.69, 9.17) is 0 Å². The maximum atomic E-state index is 12.9. The summed E-state index contributed by atoms with van der Waals surface area (Å²) in [5.74, 6) is -0.294. The molecule has 2 rings (SSSR count). The lowest BCUT2D eigenvalue weighted by molar-refractivity contribution is 0.593. The topological polar surface area (TPSA) is 58.2 Å². The highest BCUT2D eigenvalue weighted by Crippen LogP contribution is 2.19. The molecule has 0 atom stereocenters. The molecule has 0 saturated heterocycles. The zero-order chi connectivity index (χ0) is 13.9. The van der Waals surface area contributed by atoms with Gasteiger partial charge >= 0.3 is 0 Å². The van der Waals surface area contributed by atoms with E-state index in [1.54, 1.807) is 6.92 Å². The van der Waals surface area contributed by atoms with Gasteiger partial charge in [0.2, 0.25) is 10.0 Å². The fourth-order valence-electron chi connectivity index (χ4n) is 1.82. The van der Waals surface area contributed by atoms with Crippen LogP contribution in [0.4, 0.5) is 10.1 Å². The highest BCUT2D eigenvalue weighted by atomic mass is 32.2. The first-order valence-corrected chi connectivity index (χ1v) is 8.11. The number of hydrogen-bond donors (Lipinski definition) is 2. The van der Waals surface area contributed by atoms with E-state index in [-0.39, 0.29) is 11.6 Å². The van der Waals surface area contributed by atoms with E-state index >= 15 is 0 Å². The highest BCUT2D eigenvalue weighted by molar-refractivity contribution is 7.92. The molecule has 1 fully saturated rings. The quantitative estimate of drug-likeness (QED) is 0.754. The molecule has 6 heteroatoms. The van der Waals surface area contributed by atoms with Crippen molar-refractivity contribution in [3.05, 3.63) is 29.6 Å². The molecule has 0 aliphatic heterocycles. The third-order valence-electron chi connectivity index (χ3n) is 3.05. The van der Waals surface area contributed by atoms with Gasteiger partial charge in [0, 0.05) is 6.04 Å². The molecule has 0 aromatic heterocycles. The maximum Gasteiger partial charge on any atom is 0.232 e. The number of aryl methyl sites for hydroxylation is 1. The molecule has 19 heavy (non-hydrogen) atoms. The molecule has 2 N–H and O–H groups in total. The van der Waals surface area contributed by atoms with Crippen molar-refractivity contribution in [1.29, 1.82) is 0 Å². The Bertz CT molecular complexity index is 542. The van der Waals surface area contributed by atoms with E-state index in [0.29, 0.717) is 30.3 Å². The van der Waals surface area contributed by atoms with Gasteiger partial charge in [-0.05, 0) is 56.5 Å². The smallest absolute Gasteiger partial charge is 0.232 e. The largest absolute Gasteiger partial charge is 0.314 e. The lowest BCUT2D eigenvalue weighted by Crippen LogP contribution is -2.23. The number of halogens is 1. The summed E-state index contributed by atoms with van der Waals surface area (Å²) in [6.07, 6.45) is 2.96. The Labute approximate surface area is 113 Å². The maximum absolute atomic E-state index is 12.9. The average molecular weight is 286 g/mol. The molecule has 0 unspecified atom stereocenters. The van der Waals surface area contributed by atoms with Crippen LogP contribution in [-0.4, -0.2) is 26.8 Å². The van der Waals surface area contributed by atoms with Gasteiger partial charge in [-0.2, -0.15) is 0 Å². The van der Waals surface area contributed by atoms with Crippen molar-refractivity contribution in [2.75, 3.05) is 17.0 Å². The van der Waals surface area contributed by atoms with Gasteiger partial charge in [0.1, 0.15) is 5.82 Å². The molecule has 0 radical (unpaired) electrons. The standard InChI is InChI=1S/C13H19FN2O2S/c1-10-9-11(14)3-6-13(10)16-19(17,18)8-2-7-15-12-4-5-12/h3,6,9,12,15-16H,2,4-5,7-8H2,1H3. The van der Waals surface area contributed by atoms with Crippen LogP contribution in [0.15, 0.2) is 18.2 Å². The molecule has 1 aliphatic carbocycles. The van der Waals surface area contributed by atoms with Crippen LogP contribution in [-0.2, 0) is 10.0 Å². The van der Waals surface area contributed by atoms with Crippen molar-refractivity contribution in [2.24, 2.45) is 0 Å². The second kappa shape index (κ2) is 5.88. The van der Waals surface area contributed by atoms with Crippen molar-refractivity contribution < 1.29 is 12.8 Å². The number of hydrogen-bond acceptors (Lipinski definition) is 3. The second-order valence-electron chi connectivity index (χ2n) is 4.96. The summed E-state index contributed by atoms with van der Waals surface area (Å²) in [6.45, 7) is 2.39. The first-order chi connectivity index (χ1) is 8.96. The van der Waals surface area contributed by atoms with Crippen molar-refractivity contribution in [3.63, 3.8) is 0 Å². The third-order valence-corrected chi connectivity index (χ3v) is 4.41. The van der Waals surface area contributed by atoms with Crippen molar-refractivity contribution in [3.8, 4) is 0 Å². The number of rotatable bonds is 7. The lowest BCUT2D eigenvalue weighted by atomic mass is 10.2. The number of anilines is 1. The van der Waals surface area contributed by atoms with Crippen LogP contribution in [0.3, 0.4) is 0 Å². The summed E-state index contributed by atoms with van der Waals surface area (Å²) < 4.78 is 39.1. The predicted molar refractivity (Wildman–Crippen MR) is 74.2 cm³/mol. The van der Waals surface area contributed by atoms with Gasteiger partial charge in [-0.15, -0.1) is 0 Å². The molecule has 1 aliphatic rings. The first-order valence-electron chi connectivity index (χ1n) is 6.46. The molecule has 106 valence electrons. The zero-order valence-electron chi connectivity index (χ0n) is 10.9. The molecule has 1 aromatic rings. The van der Waals surface area contributed by atoms with Gasteiger partial charge in [-0.25, -0.2) is 12.8 Å². The number of nitrogens with one attached hydrogen (secondary N) is 2. The number of benzene rings is 1. The predicted octanol–water partition coefficient (Wildman–Crippen LogP) is 2.02. The second-order valence-corrected chi connectivity index (χ2v) is 6.80. The van der Waals surface area contributed by atoms with Crippen LogP contribution >= 0.6 is 0 Å². The zero-order valence-corrected chi connectivity index (χ0v) is 11.8. The van der Waals surface area contributed by atoms with E-state index in [1.807, 2.05) is 0 Å². The molecule has 0 amide bonds. The molecule has 0 heterocycles. The fraction of sp³-hybridized carbons (Fsp3) is 0.538. The molecular weight excluding hydrogens is 267 g/mol. The molecule has 1 saturated carbocycles. The Balaban J connectivity index is 1.84. The molecule has 1 aromatic carbocycles. The Morgan fingerprint density at radius 3 is 2.74 bits per heavy atom. The van der Waals surface area contributed by atoms with Crippen LogP contribution in [0.25, 0.3) is 0 Å². The van der Waals surface area contributed by atoms with Crippen LogP contribution in [0.1, 0.15) is 24.8 Å². The van der Waals surface area contributed by atoms with E-state index in [2.05, 4.69) is 10.0 Å². The Hall–Kier alpha value is -1.14. The highest BCUT2D eigenvalue weighted by Gasteiger charge is 2.20. The summed E-state index contributed by atoms with van der Waals surface area (Å²) in [7, 11) is -3.36. The summed E-state index contributed by atoms with van der Waals surface area (Å²) in [5.41, 5.74) is 1.02. The SMILES string of the molecule is Cc1cc(F)ccc1NS(=O)(=O)CCCNC1CC1. The molecule has 4 nitrogen and oxygen atoms in total. The minimum atomic E-state index is -3.36. The molecule has 0 spiro atoms. The van der Waals surface area contributed by atoms with E-state index < -0.39 is 10.0 Å². The summed E-state index contributed by atoms with van der Waals surface area (Å²) in [4.78, 5) is 0. The van der Waals surface area contributed by atoms with Gasteiger partial charge in [-0.1, -0.05) is 0 Å². The van der Waals surface area contributed by atoms with Crippen LogP contribution < -0.4 is 10.0 Å². The third kappa shape index (κ3) is 4.80. The summed E-state index contributed by atoms with van der Waals surface area (Å²) in [5, 5.41) is 3.27. The van der Waals surface area contributed by atoms with E-state index in [0.717, 1.165) is 0 Å². The summed E-state index contributed by atoms with van der Waals surface area (Å²) >= 11 is 0. The van der Waals surface area contributed by atoms with Gasteiger partial charge in [0.25, 0.3) is 0 Å². The minimum absolute atomic E-state index is 0.0730. The lowest BCUT2D eigenvalue weighted by Gasteiger charge is -2.10. The van der Waals surface area contributed by atoms with E-state index in [9.17, 15) is 12.8 Å². The minimum Gasteiger partial charge on any atom is -0.314 e.